The summed E-state index contributed by atoms with van der Waals surface area (Å²) in [5, 5.41) is -0.159. The van der Waals surface area contributed by atoms with E-state index in [1.54, 1.807) is 7.11 Å². The summed E-state index contributed by atoms with van der Waals surface area (Å²) >= 11 is 5.69. The molecule has 0 unspecified atom stereocenters. The van der Waals surface area contributed by atoms with Crippen molar-refractivity contribution >= 4 is 21.6 Å². The molecule has 0 aliphatic carbocycles. The highest BCUT2D eigenvalue weighted by Gasteiger charge is 2.17. The van der Waals surface area contributed by atoms with Gasteiger partial charge in [0, 0.05) is 13.7 Å². The number of methoxy groups -OCH3 is 1. The SMILES string of the molecule is COCCOCCNS(=O)(=O)c1ccc(F)cc1Cl. The van der Waals surface area contributed by atoms with Gasteiger partial charge in [0.1, 0.15) is 10.7 Å². The first-order valence-electron chi connectivity index (χ1n) is 5.49. The van der Waals surface area contributed by atoms with Gasteiger partial charge < -0.3 is 9.47 Å². The normalized spacial score (nSPS) is 11.7. The zero-order valence-corrected chi connectivity index (χ0v) is 11.9. The summed E-state index contributed by atoms with van der Waals surface area (Å²) in [6, 6.07) is 3.10. The Bertz CT molecular complexity index is 509. The molecular formula is C11H15ClFNO4S. The third-order valence-electron chi connectivity index (χ3n) is 2.15. The van der Waals surface area contributed by atoms with Crippen LogP contribution in [0.2, 0.25) is 5.02 Å². The summed E-state index contributed by atoms with van der Waals surface area (Å²) in [7, 11) is -2.22. The van der Waals surface area contributed by atoms with Crippen LogP contribution in [-0.2, 0) is 19.5 Å². The Morgan fingerprint density at radius 2 is 2.05 bits per heavy atom. The molecule has 0 heterocycles. The molecular weight excluding hydrogens is 297 g/mol. The number of ether oxygens (including phenoxy) is 2. The average molecular weight is 312 g/mol. The van der Waals surface area contributed by atoms with E-state index in [-0.39, 0.29) is 23.1 Å². The Labute approximate surface area is 116 Å². The fourth-order valence-corrected chi connectivity index (χ4v) is 2.81. The first-order valence-corrected chi connectivity index (χ1v) is 7.35. The minimum Gasteiger partial charge on any atom is -0.382 e. The van der Waals surface area contributed by atoms with E-state index in [9.17, 15) is 12.8 Å². The second-order valence-electron chi connectivity index (χ2n) is 3.58. The van der Waals surface area contributed by atoms with Crippen LogP contribution < -0.4 is 4.72 Å². The van der Waals surface area contributed by atoms with Crippen molar-refractivity contribution in [1.82, 2.24) is 4.72 Å². The molecule has 0 amide bonds. The van der Waals surface area contributed by atoms with E-state index >= 15 is 0 Å². The zero-order valence-electron chi connectivity index (χ0n) is 10.4. The summed E-state index contributed by atoms with van der Waals surface area (Å²) < 4.78 is 48.7. The third-order valence-corrected chi connectivity index (χ3v) is 4.10. The average Bonchev–Trinajstić information content (AvgIpc) is 2.33. The highest BCUT2D eigenvalue weighted by Crippen LogP contribution is 2.21. The molecule has 1 aromatic carbocycles. The van der Waals surface area contributed by atoms with Crippen LogP contribution in [0.3, 0.4) is 0 Å². The van der Waals surface area contributed by atoms with Crippen LogP contribution in [0.25, 0.3) is 0 Å². The molecule has 1 rings (SSSR count). The molecule has 0 aromatic heterocycles. The first kappa shape index (κ1) is 16.3. The molecule has 19 heavy (non-hydrogen) atoms. The number of nitrogens with one attached hydrogen (secondary N) is 1. The van der Waals surface area contributed by atoms with Gasteiger partial charge in [0.25, 0.3) is 0 Å². The van der Waals surface area contributed by atoms with Crippen molar-refractivity contribution in [1.29, 1.82) is 0 Å². The Kier molecular flexibility index (Phi) is 6.67. The topological polar surface area (TPSA) is 64.6 Å². The number of hydrogen-bond donors (Lipinski definition) is 1. The van der Waals surface area contributed by atoms with E-state index in [4.69, 9.17) is 21.1 Å². The second kappa shape index (κ2) is 7.76. The van der Waals surface area contributed by atoms with Crippen LogP contribution >= 0.6 is 11.6 Å². The quantitative estimate of drug-likeness (QED) is 0.738. The maximum Gasteiger partial charge on any atom is 0.242 e. The Balaban J connectivity index is 2.52. The van der Waals surface area contributed by atoms with Gasteiger partial charge in [-0.1, -0.05) is 11.6 Å². The molecule has 0 atom stereocenters. The smallest absolute Gasteiger partial charge is 0.242 e. The third kappa shape index (κ3) is 5.42. The first-order chi connectivity index (χ1) is 8.97. The summed E-state index contributed by atoms with van der Waals surface area (Å²) in [5.41, 5.74) is 0. The van der Waals surface area contributed by atoms with Gasteiger partial charge in [-0.15, -0.1) is 0 Å². The predicted molar refractivity (Wildman–Crippen MR) is 69.3 cm³/mol. The van der Waals surface area contributed by atoms with Crippen LogP contribution in [0, 0.1) is 5.82 Å². The highest BCUT2D eigenvalue weighted by atomic mass is 35.5. The van der Waals surface area contributed by atoms with Crippen molar-refractivity contribution in [3.63, 3.8) is 0 Å². The standard InChI is InChI=1S/C11H15ClFNO4S/c1-17-6-7-18-5-4-14-19(15,16)11-3-2-9(13)8-10(11)12/h2-3,8,14H,4-7H2,1H3. The zero-order chi connectivity index (χ0) is 14.3. The minimum absolute atomic E-state index is 0.0970. The minimum atomic E-state index is -3.76. The number of rotatable bonds is 8. The van der Waals surface area contributed by atoms with Crippen LogP contribution in [0.1, 0.15) is 0 Å². The maximum atomic E-state index is 12.8. The van der Waals surface area contributed by atoms with Gasteiger partial charge in [0.05, 0.1) is 24.8 Å². The van der Waals surface area contributed by atoms with Gasteiger partial charge in [-0.05, 0) is 18.2 Å². The van der Waals surface area contributed by atoms with E-state index in [1.807, 2.05) is 0 Å². The summed E-state index contributed by atoms with van der Waals surface area (Å²) in [4.78, 5) is -0.160. The molecule has 8 heteroatoms. The van der Waals surface area contributed by atoms with E-state index < -0.39 is 15.8 Å². The lowest BCUT2D eigenvalue weighted by Crippen LogP contribution is -2.28. The lowest BCUT2D eigenvalue weighted by atomic mass is 10.3. The van der Waals surface area contributed by atoms with E-state index in [0.717, 1.165) is 18.2 Å². The van der Waals surface area contributed by atoms with Crippen molar-refractivity contribution in [3.05, 3.63) is 29.0 Å². The van der Waals surface area contributed by atoms with Crippen molar-refractivity contribution in [2.45, 2.75) is 4.90 Å². The van der Waals surface area contributed by atoms with Gasteiger partial charge in [0.15, 0.2) is 0 Å². The van der Waals surface area contributed by atoms with Crippen LogP contribution in [0.15, 0.2) is 23.1 Å². The second-order valence-corrected chi connectivity index (χ2v) is 5.72. The fraction of sp³-hybridized carbons (Fsp3) is 0.455. The fourth-order valence-electron chi connectivity index (χ4n) is 1.26. The Hall–Kier alpha value is -0.730. The molecule has 5 nitrogen and oxygen atoms in total. The Morgan fingerprint density at radius 3 is 2.68 bits per heavy atom. The lowest BCUT2D eigenvalue weighted by Gasteiger charge is -2.08. The number of sulfonamides is 1. The van der Waals surface area contributed by atoms with Gasteiger partial charge in [-0.25, -0.2) is 17.5 Å². The Morgan fingerprint density at radius 1 is 1.32 bits per heavy atom. The van der Waals surface area contributed by atoms with Crippen LogP contribution in [-0.4, -0.2) is 41.9 Å². The molecule has 0 radical (unpaired) electrons. The monoisotopic (exact) mass is 311 g/mol. The van der Waals surface area contributed by atoms with Crippen LogP contribution in [0.5, 0.6) is 0 Å². The molecule has 1 N–H and O–H groups in total. The maximum absolute atomic E-state index is 12.8. The van der Waals surface area contributed by atoms with Crippen molar-refractivity contribution < 1.29 is 22.3 Å². The van der Waals surface area contributed by atoms with E-state index in [2.05, 4.69) is 4.72 Å². The van der Waals surface area contributed by atoms with Gasteiger partial charge in [-0.2, -0.15) is 0 Å². The molecule has 0 saturated carbocycles. The summed E-state index contributed by atoms with van der Waals surface area (Å²) in [6.45, 7) is 1.13. The van der Waals surface area contributed by atoms with Crippen molar-refractivity contribution in [2.75, 3.05) is 33.5 Å². The van der Waals surface area contributed by atoms with Gasteiger partial charge in [-0.3, -0.25) is 0 Å². The van der Waals surface area contributed by atoms with E-state index in [0.29, 0.717) is 13.2 Å². The molecule has 0 saturated heterocycles. The predicted octanol–water partition coefficient (Wildman–Crippen LogP) is 1.42. The largest absolute Gasteiger partial charge is 0.382 e. The van der Waals surface area contributed by atoms with Gasteiger partial charge >= 0.3 is 0 Å². The summed E-state index contributed by atoms with van der Waals surface area (Å²) in [6.07, 6.45) is 0. The van der Waals surface area contributed by atoms with Gasteiger partial charge in [0.2, 0.25) is 10.0 Å². The molecule has 0 aliphatic rings. The van der Waals surface area contributed by atoms with Crippen molar-refractivity contribution in [2.24, 2.45) is 0 Å². The molecule has 1 aromatic rings. The lowest BCUT2D eigenvalue weighted by molar-refractivity contribution is 0.0736. The molecule has 0 bridgehead atoms. The van der Waals surface area contributed by atoms with E-state index in [1.165, 1.54) is 0 Å². The molecule has 0 fully saturated rings. The van der Waals surface area contributed by atoms with Crippen LogP contribution in [0.4, 0.5) is 4.39 Å². The number of hydrogen-bond acceptors (Lipinski definition) is 4. The molecule has 0 aliphatic heterocycles. The number of benzene rings is 1. The highest BCUT2D eigenvalue weighted by molar-refractivity contribution is 7.89. The number of halogens is 2. The molecule has 108 valence electrons. The molecule has 0 spiro atoms. The summed E-state index contributed by atoms with van der Waals surface area (Å²) in [5.74, 6) is -0.591. The van der Waals surface area contributed by atoms with Crippen molar-refractivity contribution in [3.8, 4) is 0 Å².